The van der Waals surface area contributed by atoms with Crippen LogP contribution in [0.4, 0.5) is 5.82 Å². The first kappa shape index (κ1) is 20.7. The number of benzene rings is 2. The summed E-state index contributed by atoms with van der Waals surface area (Å²) in [4.78, 5) is 25.2. The number of carbonyl (C=O) groups excluding carboxylic acids is 2. The number of anilines is 1. The molecule has 2 aromatic carbocycles. The van der Waals surface area contributed by atoms with Gasteiger partial charge in [0.25, 0.3) is 5.91 Å². The van der Waals surface area contributed by atoms with Crippen LogP contribution in [-0.4, -0.2) is 28.1 Å². The van der Waals surface area contributed by atoms with E-state index in [1.54, 1.807) is 28.6 Å². The first-order chi connectivity index (χ1) is 14.6. The molecule has 3 aromatic rings. The highest BCUT2D eigenvalue weighted by molar-refractivity contribution is 9.10. The van der Waals surface area contributed by atoms with Crippen molar-refractivity contribution < 1.29 is 9.59 Å². The highest BCUT2D eigenvalue weighted by Gasteiger charge is 2.25. The molecule has 0 fully saturated rings. The highest BCUT2D eigenvalue weighted by Crippen LogP contribution is 2.34. The van der Waals surface area contributed by atoms with Crippen molar-refractivity contribution in [1.82, 2.24) is 15.1 Å². The SMILES string of the molecule is O=C(Cn1nc2c(c1NC(=O)c1cccc(Br)c1)CSC2)NCCc1ccccc1. The topological polar surface area (TPSA) is 76.0 Å². The lowest BCUT2D eigenvalue weighted by molar-refractivity contribution is -0.121. The van der Waals surface area contributed by atoms with Gasteiger partial charge in [-0.15, -0.1) is 0 Å². The number of fused-ring (bicyclic) bond motifs is 1. The Bertz CT molecular complexity index is 1070. The van der Waals surface area contributed by atoms with E-state index in [1.807, 2.05) is 42.5 Å². The summed E-state index contributed by atoms with van der Waals surface area (Å²) in [6.45, 7) is 0.625. The van der Waals surface area contributed by atoms with Crippen molar-refractivity contribution in [3.05, 3.63) is 81.5 Å². The summed E-state index contributed by atoms with van der Waals surface area (Å²) < 4.78 is 2.44. The van der Waals surface area contributed by atoms with Crippen molar-refractivity contribution in [2.24, 2.45) is 0 Å². The van der Waals surface area contributed by atoms with E-state index in [0.717, 1.165) is 33.7 Å². The molecule has 0 bridgehead atoms. The number of carbonyl (C=O) groups is 2. The summed E-state index contributed by atoms with van der Waals surface area (Å²) in [5.41, 5.74) is 3.65. The molecule has 8 heteroatoms. The average molecular weight is 485 g/mol. The number of hydrogen-bond donors (Lipinski definition) is 2. The third-order valence-electron chi connectivity index (χ3n) is 4.81. The zero-order valence-corrected chi connectivity index (χ0v) is 18.6. The van der Waals surface area contributed by atoms with Crippen molar-refractivity contribution in [1.29, 1.82) is 0 Å². The third-order valence-corrected chi connectivity index (χ3v) is 6.27. The highest BCUT2D eigenvalue weighted by atomic mass is 79.9. The second-order valence-corrected chi connectivity index (χ2v) is 8.88. The van der Waals surface area contributed by atoms with Crippen LogP contribution in [-0.2, 0) is 29.3 Å². The van der Waals surface area contributed by atoms with Gasteiger partial charge in [0.15, 0.2) is 0 Å². The molecule has 30 heavy (non-hydrogen) atoms. The van der Waals surface area contributed by atoms with E-state index < -0.39 is 0 Å². The van der Waals surface area contributed by atoms with Gasteiger partial charge in [-0.25, -0.2) is 4.68 Å². The number of rotatable bonds is 7. The quantitative estimate of drug-likeness (QED) is 0.531. The van der Waals surface area contributed by atoms with Crippen molar-refractivity contribution >= 4 is 45.3 Å². The fourth-order valence-corrected chi connectivity index (χ4v) is 4.75. The van der Waals surface area contributed by atoms with Gasteiger partial charge in [0.05, 0.1) is 5.69 Å². The van der Waals surface area contributed by atoms with Crippen molar-refractivity contribution in [2.75, 3.05) is 11.9 Å². The van der Waals surface area contributed by atoms with Crippen LogP contribution in [0.15, 0.2) is 59.1 Å². The van der Waals surface area contributed by atoms with Gasteiger partial charge in [0.2, 0.25) is 5.91 Å². The molecule has 154 valence electrons. The summed E-state index contributed by atoms with van der Waals surface area (Å²) in [6, 6.07) is 17.2. The number of thioether (sulfide) groups is 1. The van der Waals surface area contributed by atoms with Crippen LogP contribution < -0.4 is 10.6 Å². The lowest BCUT2D eigenvalue weighted by Gasteiger charge is -2.12. The van der Waals surface area contributed by atoms with E-state index in [1.165, 1.54) is 5.56 Å². The van der Waals surface area contributed by atoms with E-state index in [0.29, 0.717) is 17.9 Å². The number of nitrogens with zero attached hydrogens (tertiary/aromatic N) is 2. The molecule has 6 nitrogen and oxygen atoms in total. The van der Waals surface area contributed by atoms with Gasteiger partial charge in [-0.3, -0.25) is 9.59 Å². The molecule has 1 aliphatic rings. The number of nitrogens with one attached hydrogen (secondary N) is 2. The Kier molecular flexibility index (Phi) is 6.54. The largest absolute Gasteiger partial charge is 0.354 e. The number of aromatic nitrogens is 2. The van der Waals surface area contributed by atoms with E-state index in [4.69, 9.17) is 0 Å². The Morgan fingerprint density at radius 3 is 2.73 bits per heavy atom. The predicted molar refractivity (Wildman–Crippen MR) is 122 cm³/mol. The molecule has 2 heterocycles. The molecule has 0 aliphatic carbocycles. The molecule has 1 aliphatic heterocycles. The first-order valence-corrected chi connectivity index (χ1v) is 11.6. The average Bonchev–Trinajstić information content (AvgIpc) is 3.31. The second kappa shape index (κ2) is 9.49. The molecule has 2 amide bonds. The van der Waals surface area contributed by atoms with Crippen LogP contribution >= 0.6 is 27.7 Å². The maximum atomic E-state index is 12.8. The smallest absolute Gasteiger partial charge is 0.256 e. The molecule has 0 unspecified atom stereocenters. The maximum Gasteiger partial charge on any atom is 0.256 e. The summed E-state index contributed by atoms with van der Waals surface area (Å²) in [6.07, 6.45) is 0.769. The predicted octanol–water partition coefficient (Wildman–Crippen LogP) is 4.00. The number of halogens is 1. The molecule has 1 aromatic heterocycles. The maximum absolute atomic E-state index is 12.8. The normalized spacial score (nSPS) is 12.4. The molecule has 0 atom stereocenters. The molecule has 0 spiro atoms. The van der Waals surface area contributed by atoms with Gasteiger partial charge >= 0.3 is 0 Å². The molecule has 0 saturated heterocycles. The Morgan fingerprint density at radius 2 is 1.93 bits per heavy atom. The Balaban J connectivity index is 1.43. The van der Waals surface area contributed by atoms with Crippen molar-refractivity contribution in [3.8, 4) is 0 Å². The fraction of sp³-hybridized carbons (Fsp3) is 0.227. The summed E-state index contributed by atoms with van der Waals surface area (Å²) in [5, 5.41) is 10.5. The minimum Gasteiger partial charge on any atom is -0.354 e. The van der Waals surface area contributed by atoms with Gasteiger partial charge in [-0.05, 0) is 30.2 Å². The Hall–Kier alpha value is -2.58. The zero-order valence-electron chi connectivity index (χ0n) is 16.2. The second-order valence-electron chi connectivity index (χ2n) is 6.97. The van der Waals surface area contributed by atoms with Crippen molar-refractivity contribution in [3.63, 3.8) is 0 Å². The van der Waals surface area contributed by atoms with Gasteiger partial charge in [0, 0.05) is 33.7 Å². The zero-order chi connectivity index (χ0) is 20.9. The number of hydrogen-bond acceptors (Lipinski definition) is 4. The van der Waals surface area contributed by atoms with E-state index in [9.17, 15) is 9.59 Å². The van der Waals surface area contributed by atoms with Gasteiger partial charge in [0.1, 0.15) is 12.4 Å². The van der Waals surface area contributed by atoms with Gasteiger partial charge < -0.3 is 10.6 Å². The van der Waals surface area contributed by atoms with E-state index in [2.05, 4.69) is 31.7 Å². The van der Waals surface area contributed by atoms with Crippen LogP contribution in [0, 0.1) is 0 Å². The molecule has 0 saturated carbocycles. The molecular formula is C22H21BrN4O2S. The first-order valence-electron chi connectivity index (χ1n) is 9.64. The van der Waals surface area contributed by atoms with E-state index in [-0.39, 0.29) is 18.4 Å². The fourth-order valence-electron chi connectivity index (χ4n) is 3.31. The summed E-state index contributed by atoms with van der Waals surface area (Å²) in [5.74, 6) is 1.83. The van der Waals surface area contributed by atoms with Crippen LogP contribution in [0.3, 0.4) is 0 Å². The van der Waals surface area contributed by atoms with Crippen molar-refractivity contribution in [2.45, 2.75) is 24.5 Å². The lowest BCUT2D eigenvalue weighted by atomic mass is 10.1. The van der Waals surface area contributed by atoms with Crippen LogP contribution in [0.2, 0.25) is 0 Å². The molecule has 4 rings (SSSR count). The lowest BCUT2D eigenvalue weighted by Crippen LogP contribution is -2.30. The minimum absolute atomic E-state index is 0.0700. The van der Waals surface area contributed by atoms with Crippen LogP contribution in [0.1, 0.15) is 27.2 Å². The molecule has 0 radical (unpaired) electrons. The Morgan fingerprint density at radius 1 is 1.10 bits per heavy atom. The van der Waals surface area contributed by atoms with Gasteiger partial charge in [-0.2, -0.15) is 16.9 Å². The molecular weight excluding hydrogens is 464 g/mol. The minimum atomic E-state index is -0.221. The summed E-state index contributed by atoms with van der Waals surface area (Å²) >= 11 is 5.15. The third kappa shape index (κ3) is 4.94. The van der Waals surface area contributed by atoms with E-state index >= 15 is 0 Å². The van der Waals surface area contributed by atoms with Crippen LogP contribution in [0.5, 0.6) is 0 Å². The van der Waals surface area contributed by atoms with Crippen LogP contribution in [0.25, 0.3) is 0 Å². The van der Waals surface area contributed by atoms with Gasteiger partial charge in [-0.1, -0.05) is 52.3 Å². The number of amides is 2. The molecule has 2 N–H and O–H groups in total. The summed E-state index contributed by atoms with van der Waals surface area (Å²) in [7, 11) is 0. The Labute approximate surface area is 187 Å². The monoisotopic (exact) mass is 484 g/mol. The standard InChI is InChI=1S/C22H21BrN4O2S/c23-17-8-4-7-16(11-17)22(29)25-21-18-13-30-14-19(18)26-27(21)12-20(28)24-10-9-15-5-2-1-3-6-15/h1-8,11H,9-10,12-14H2,(H,24,28)(H,25,29).